The van der Waals surface area contributed by atoms with Gasteiger partial charge in [0.05, 0.1) is 35.7 Å². The molecule has 3 N–H and O–H groups in total. The zero-order valence-electron chi connectivity index (χ0n) is 10.4. The van der Waals surface area contributed by atoms with E-state index >= 15 is 0 Å². The summed E-state index contributed by atoms with van der Waals surface area (Å²) in [5.74, 6) is -0.965. The van der Waals surface area contributed by atoms with E-state index in [2.05, 4.69) is 5.32 Å². The smallest absolute Gasteiger partial charge is 0.294 e. The number of carbonyl (C=O) groups is 1. The lowest BCUT2D eigenvalue weighted by Crippen LogP contribution is -2.37. The number of benzene rings is 1. The highest BCUT2D eigenvalue weighted by atomic mass is 16.6. The Kier molecular flexibility index (Phi) is 3.93. The number of nitro groups is 1. The van der Waals surface area contributed by atoms with E-state index in [4.69, 9.17) is 15.7 Å². The molecular formula is C12H12N4O4. The number of nitrogens with zero attached hydrogens (tertiary/aromatic N) is 2. The van der Waals surface area contributed by atoms with Crippen molar-refractivity contribution < 1.29 is 14.5 Å². The third-order valence-corrected chi connectivity index (χ3v) is 3.04. The highest BCUT2D eigenvalue weighted by molar-refractivity contribution is 5.95. The monoisotopic (exact) mass is 276 g/mol. The van der Waals surface area contributed by atoms with Crippen LogP contribution in [0, 0.1) is 27.4 Å². The predicted molar refractivity (Wildman–Crippen MR) is 68.7 cm³/mol. The van der Waals surface area contributed by atoms with Crippen molar-refractivity contribution >= 4 is 17.3 Å². The van der Waals surface area contributed by atoms with E-state index < -0.39 is 22.8 Å². The van der Waals surface area contributed by atoms with Crippen LogP contribution in [-0.4, -0.2) is 30.1 Å². The summed E-state index contributed by atoms with van der Waals surface area (Å²) in [5.41, 5.74) is 5.57. The van der Waals surface area contributed by atoms with E-state index in [1.54, 1.807) is 0 Å². The molecule has 1 saturated heterocycles. The van der Waals surface area contributed by atoms with Gasteiger partial charge in [0.2, 0.25) is 5.91 Å². The molecule has 1 amide bonds. The van der Waals surface area contributed by atoms with Crippen molar-refractivity contribution in [3.63, 3.8) is 0 Å². The molecule has 1 fully saturated rings. The molecule has 0 bridgehead atoms. The van der Waals surface area contributed by atoms with Crippen LogP contribution in [0.1, 0.15) is 5.56 Å². The minimum absolute atomic E-state index is 0.0399. The number of anilines is 1. The second kappa shape index (κ2) is 5.64. The fourth-order valence-corrected chi connectivity index (χ4v) is 1.92. The van der Waals surface area contributed by atoms with Gasteiger partial charge in [-0.2, -0.15) is 5.26 Å². The van der Waals surface area contributed by atoms with Gasteiger partial charge in [-0.1, -0.05) is 0 Å². The Hall–Kier alpha value is -2.50. The third-order valence-electron chi connectivity index (χ3n) is 3.04. The number of amides is 1. The third kappa shape index (κ3) is 2.74. The fraction of sp³-hybridized carbons (Fsp3) is 0.333. The first kappa shape index (κ1) is 13.9. The van der Waals surface area contributed by atoms with Crippen molar-refractivity contribution in [1.29, 1.82) is 5.26 Å². The van der Waals surface area contributed by atoms with E-state index in [1.165, 1.54) is 12.1 Å². The van der Waals surface area contributed by atoms with Crippen LogP contribution in [0.3, 0.4) is 0 Å². The summed E-state index contributed by atoms with van der Waals surface area (Å²) in [5, 5.41) is 22.1. The Bertz CT molecular complexity index is 596. The molecule has 2 rings (SSSR count). The van der Waals surface area contributed by atoms with Crippen LogP contribution in [0.15, 0.2) is 18.2 Å². The van der Waals surface area contributed by atoms with Gasteiger partial charge in [-0.3, -0.25) is 14.9 Å². The lowest BCUT2D eigenvalue weighted by Gasteiger charge is -2.13. The van der Waals surface area contributed by atoms with Crippen LogP contribution >= 0.6 is 0 Å². The van der Waals surface area contributed by atoms with Crippen LogP contribution in [0.4, 0.5) is 11.4 Å². The molecule has 2 atom stereocenters. The Labute approximate surface area is 114 Å². The maximum absolute atomic E-state index is 12.0. The number of hydrogen-bond donors (Lipinski definition) is 2. The molecule has 8 heteroatoms. The second-order valence-corrected chi connectivity index (χ2v) is 4.40. The maximum atomic E-state index is 12.0. The van der Waals surface area contributed by atoms with E-state index in [-0.39, 0.29) is 30.2 Å². The normalized spacial score (nSPS) is 21.2. The molecule has 1 aliphatic heterocycles. The molecule has 20 heavy (non-hydrogen) atoms. The summed E-state index contributed by atoms with van der Waals surface area (Å²) in [4.78, 5) is 22.3. The molecule has 1 aliphatic rings. The molecule has 1 heterocycles. The number of rotatable bonds is 3. The van der Waals surface area contributed by atoms with Crippen molar-refractivity contribution in [3.8, 4) is 6.07 Å². The minimum Gasteiger partial charge on any atom is -0.379 e. The van der Waals surface area contributed by atoms with Crippen molar-refractivity contribution in [1.82, 2.24) is 0 Å². The van der Waals surface area contributed by atoms with Gasteiger partial charge in [0, 0.05) is 12.1 Å². The Morgan fingerprint density at radius 2 is 2.30 bits per heavy atom. The number of nitrogens with two attached hydrogens (primary N) is 1. The zero-order chi connectivity index (χ0) is 14.7. The molecule has 8 nitrogen and oxygen atoms in total. The Morgan fingerprint density at radius 3 is 2.85 bits per heavy atom. The number of nitro benzene ring substituents is 1. The van der Waals surface area contributed by atoms with Gasteiger partial charge in [0.15, 0.2) is 0 Å². The summed E-state index contributed by atoms with van der Waals surface area (Å²) in [6.07, 6.45) is 0. The van der Waals surface area contributed by atoms with E-state index in [0.29, 0.717) is 0 Å². The van der Waals surface area contributed by atoms with Gasteiger partial charge in [-0.05, 0) is 12.1 Å². The van der Waals surface area contributed by atoms with Crippen LogP contribution in [-0.2, 0) is 9.53 Å². The fourth-order valence-electron chi connectivity index (χ4n) is 1.92. The summed E-state index contributed by atoms with van der Waals surface area (Å²) in [6.45, 7) is 0.477. The maximum Gasteiger partial charge on any atom is 0.294 e. The minimum atomic E-state index is -0.651. The molecule has 1 aromatic carbocycles. The molecular weight excluding hydrogens is 264 g/mol. The average Bonchev–Trinajstić information content (AvgIpc) is 2.85. The molecule has 104 valence electrons. The summed E-state index contributed by atoms with van der Waals surface area (Å²) >= 11 is 0. The van der Waals surface area contributed by atoms with Gasteiger partial charge in [-0.15, -0.1) is 0 Å². The van der Waals surface area contributed by atoms with Gasteiger partial charge in [-0.25, -0.2) is 0 Å². The van der Waals surface area contributed by atoms with Crippen molar-refractivity contribution in [3.05, 3.63) is 33.9 Å². The number of hydrogen-bond acceptors (Lipinski definition) is 6. The van der Waals surface area contributed by atoms with Crippen LogP contribution in [0.5, 0.6) is 0 Å². The average molecular weight is 276 g/mol. The topological polar surface area (TPSA) is 131 Å². The van der Waals surface area contributed by atoms with Crippen LogP contribution < -0.4 is 11.1 Å². The van der Waals surface area contributed by atoms with Crippen LogP contribution in [0.25, 0.3) is 0 Å². The zero-order valence-corrected chi connectivity index (χ0v) is 10.4. The lowest BCUT2D eigenvalue weighted by molar-refractivity contribution is -0.384. The van der Waals surface area contributed by atoms with E-state index in [0.717, 1.165) is 6.07 Å². The Balaban J connectivity index is 2.23. The van der Waals surface area contributed by atoms with Gasteiger partial charge >= 0.3 is 0 Å². The van der Waals surface area contributed by atoms with Gasteiger partial charge in [0.1, 0.15) is 5.69 Å². The highest BCUT2D eigenvalue weighted by Crippen LogP contribution is 2.26. The number of carbonyl (C=O) groups excluding carboxylic acids is 1. The SMILES string of the molecule is N#Cc1ccc(NC(=O)C2COCC2N)c([N+](=O)[O-])c1. The van der Waals surface area contributed by atoms with Crippen LogP contribution in [0.2, 0.25) is 0 Å². The lowest BCUT2D eigenvalue weighted by atomic mass is 10.0. The van der Waals surface area contributed by atoms with Gasteiger partial charge < -0.3 is 15.8 Å². The van der Waals surface area contributed by atoms with Crippen molar-refractivity contribution in [2.45, 2.75) is 6.04 Å². The molecule has 0 aliphatic carbocycles. The first-order chi connectivity index (χ1) is 9.52. The van der Waals surface area contributed by atoms with E-state index in [1.807, 2.05) is 6.07 Å². The van der Waals surface area contributed by atoms with Gasteiger partial charge in [0.25, 0.3) is 5.69 Å². The van der Waals surface area contributed by atoms with E-state index in [9.17, 15) is 14.9 Å². The summed E-state index contributed by atoms with van der Waals surface area (Å²) in [7, 11) is 0. The summed E-state index contributed by atoms with van der Waals surface area (Å²) in [6, 6.07) is 5.22. The number of ether oxygens (including phenoxy) is 1. The first-order valence-electron chi connectivity index (χ1n) is 5.85. The summed E-state index contributed by atoms with van der Waals surface area (Å²) < 4.78 is 5.08. The standard InChI is InChI=1S/C12H12N4O4/c13-4-7-1-2-10(11(3-7)16(18)19)15-12(17)8-5-20-6-9(8)14/h1-3,8-9H,5-6,14H2,(H,15,17). The molecule has 0 saturated carbocycles. The van der Waals surface area contributed by atoms with Crippen molar-refractivity contribution in [2.24, 2.45) is 11.7 Å². The molecule has 0 aromatic heterocycles. The highest BCUT2D eigenvalue weighted by Gasteiger charge is 2.32. The molecule has 2 unspecified atom stereocenters. The molecule has 0 spiro atoms. The predicted octanol–water partition coefficient (Wildman–Crippen LogP) is 0.379. The number of nitrogens with one attached hydrogen (secondary N) is 1. The second-order valence-electron chi connectivity index (χ2n) is 4.40. The number of nitriles is 1. The molecule has 1 aromatic rings. The molecule has 0 radical (unpaired) electrons. The largest absolute Gasteiger partial charge is 0.379 e. The first-order valence-corrected chi connectivity index (χ1v) is 5.85. The Morgan fingerprint density at radius 1 is 1.55 bits per heavy atom. The van der Waals surface area contributed by atoms with Crippen molar-refractivity contribution in [2.75, 3.05) is 18.5 Å². The quantitative estimate of drug-likeness (QED) is 0.606.